The summed E-state index contributed by atoms with van der Waals surface area (Å²) >= 11 is 0. The largest absolute Gasteiger partial charge is 0.433 e. The van der Waals surface area contributed by atoms with Gasteiger partial charge in [0.1, 0.15) is 10.6 Å². The van der Waals surface area contributed by atoms with Gasteiger partial charge < -0.3 is 0 Å². The van der Waals surface area contributed by atoms with E-state index in [4.69, 9.17) is 10.7 Å². The molecule has 2 rings (SSSR count). The molecule has 0 saturated carbocycles. The van der Waals surface area contributed by atoms with Crippen molar-refractivity contribution in [1.82, 2.24) is 14.8 Å². The molecule has 0 bridgehead atoms. The predicted octanol–water partition coefficient (Wildman–Crippen LogP) is 2.21. The van der Waals surface area contributed by atoms with E-state index in [2.05, 4.69) is 10.1 Å². The minimum absolute atomic E-state index is 0.180. The summed E-state index contributed by atoms with van der Waals surface area (Å²) in [4.78, 5) is 2.97. The third kappa shape index (κ3) is 3.04. The zero-order valence-corrected chi connectivity index (χ0v) is 10.5. The van der Waals surface area contributed by atoms with Gasteiger partial charge in [-0.05, 0) is 12.1 Å². The SMILES string of the molecule is O=S(=O)(Cl)c1cnn(-c2ccc(C(F)(F)F)nc2)c1. The number of nitrogens with zero attached hydrogens (tertiary/aromatic N) is 3. The average molecular weight is 312 g/mol. The lowest BCUT2D eigenvalue weighted by atomic mass is 10.3. The van der Waals surface area contributed by atoms with E-state index >= 15 is 0 Å². The molecule has 10 heteroatoms. The highest BCUT2D eigenvalue weighted by molar-refractivity contribution is 8.13. The van der Waals surface area contributed by atoms with E-state index in [0.717, 1.165) is 35.4 Å². The van der Waals surface area contributed by atoms with Crippen LogP contribution in [0.1, 0.15) is 5.69 Å². The molecule has 0 aromatic carbocycles. The quantitative estimate of drug-likeness (QED) is 0.798. The van der Waals surface area contributed by atoms with Gasteiger partial charge in [0, 0.05) is 10.7 Å². The first kappa shape index (κ1) is 13.8. The first-order valence-electron chi connectivity index (χ1n) is 4.71. The Bertz CT molecular complexity index is 694. The summed E-state index contributed by atoms with van der Waals surface area (Å²) in [7, 11) is 1.17. The molecule has 2 aromatic heterocycles. The van der Waals surface area contributed by atoms with Gasteiger partial charge in [-0.15, -0.1) is 0 Å². The van der Waals surface area contributed by atoms with Crippen LogP contribution < -0.4 is 0 Å². The second-order valence-corrected chi connectivity index (χ2v) is 6.02. The minimum Gasteiger partial charge on any atom is -0.250 e. The summed E-state index contributed by atoms with van der Waals surface area (Å²) in [6.07, 6.45) is -1.54. The topological polar surface area (TPSA) is 64.8 Å². The Morgan fingerprint density at radius 1 is 1.21 bits per heavy atom. The van der Waals surface area contributed by atoms with Crippen molar-refractivity contribution in [1.29, 1.82) is 0 Å². The molecular weight excluding hydrogens is 307 g/mol. The molecule has 0 unspecified atom stereocenters. The highest BCUT2D eigenvalue weighted by Crippen LogP contribution is 2.27. The van der Waals surface area contributed by atoms with Gasteiger partial charge >= 0.3 is 6.18 Å². The molecule has 19 heavy (non-hydrogen) atoms. The molecule has 0 amide bonds. The normalized spacial score (nSPS) is 12.6. The molecule has 0 aliphatic rings. The molecule has 2 aromatic rings. The van der Waals surface area contributed by atoms with E-state index in [9.17, 15) is 21.6 Å². The van der Waals surface area contributed by atoms with E-state index in [1.54, 1.807) is 0 Å². The second kappa shape index (κ2) is 4.49. The van der Waals surface area contributed by atoms with Gasteiger partial charge in [0.15, 0.2) is 0 Å². The van der Waals surface area contributed by atoms with Crippen molar-refractivity contribution >= 4 is 19.7 Å². The highest BCUT2D eigenvalue weighted by atomic mass is 35.7. The van der Waals surface area contributed by atoms with E-state index in [1.165, 1.54) is 0 Å². The van der Waals surface area contributed by atoms with Crippen molar-refractivity contribution < 1.29 is 21.6 Å². The number of alkyl halides is 3. The minimum atomic E-state index is -4.53. The van der Waals surface area contributed by atoms with Crippen molar-refractivity contribution in [2.24, 2.45) is 0 Å². The molecule has 0 aliphatic carbocycles. The predicted molar refractivity (Wildman–Crippen MR) is 59.4 cm³/mol. The maximum atomic E-state index is 12.3. The molecular formula is C9H5ClF3N3O2S. The first-order valence-corrected chi connectivity index (χ1v) is 7.02. The zero-order chi connectivity index (χ0) is 14.3. The fraction of sp³-hybridized carbons (Fsp3) is 0.111. The maximum Gasteiger partial charge on any atom is 0.433 e. The third-order valence-electron chi connectivity index (χ3n) is 2.14. The second-order valence-electron chi connectivity index (χ2n) is 3.46. The number of halogens is 4. The lowest BCUT2D eigenvalue weighted by molar-refractivity contribution is -0.141. The highest BCUT2D eigenvalue weighted by Gasteiger charge is 2.32. The van der Waals surface area contributed by atoms with Crippen LogP contribution in [0.4, 0.5) is 13.2 Å². The van der Waals surface area contributed by atoms with Crippen molar-refractivity contribution in [3.63, 3.8) is 0 Å². The molecule has 2 heterocycles. The van der Waals surface area contributed by atoms with E-state index in [1.807, 2.05) is 0 Å². The Labute approximate surface area is 110 Å². The summed E-state index contributed by atoms with van der Waals surface area (Å²) in [5, 5.41) is 3.68. The monoisotopic (exact) mass is 311 g/mol. The van der Waals surface area contributed by atoms with Gasteiger partial charge in [0.2, 0.25) is 0 Å². The van der Waals surface area contributed by atoms with Crippen LogP contribution >= 0.6 is 10.7 Å². The van der Waals surface area contributed by atoms with E-state index < -0.39 is 20.9 Å². The Morgan fingerprint density at radius 3 is 2.32 bits per heavy atom. The van der Waals surface area contributed by atoms with Crippen LogP contribution in [0.25, 0.3) is 5.69 Å². The number of aromatic nitrogens is 3. The smallest absolute Gasteiger partial charge is 0.250 e. The molecule has 5 nitrogen and oxygen atoms in total. The van der Waals surface area contributed by atoms with Crippen molar-refractivity contribution in [2.45, 2.75) is 11.1 Å². The zero-order valence-electron chi connectivity index (χ0n) is 8.96. The number of hydrogen-bond acceptors (Lipinski definition) is 4. The number of pyridine rings is 1. The van der Waals surface area contributed by atoms with Gasteiger partial charge in [0.05, 0.1) is 24.3 Å². The van der Waals surface area contributed by atoms with E-state index in [0.29, 0.717) is 0 Å². The van der Waals surface area contributed by atoms with Crippen LogP contribution in [-0.2, 0) is 15.2 Å². The first-order chi connectivity index (χ1) is 8.68. The summed E-state index contributed by atoms with van der Waals surface area (Å²) in [6.45, 7) is 0. The molecule has 0 N–H and O–H groups in total. The van der Waals surface area contributed by atoms with Crippen molar-refractivity contribution in [3.05, 3.63) is 36.4 Å². The maximum absolute atomic E-state index is 12.3. The van der Waals surface area contributed by atoms with Crippen LogP contribution in [0.3, 0.4) is 0 Å². The Balaban J connectivity index is 2.36. The molecule has 0 aliphatic heterocycles. The van der Waals surface area contributed by atoms with Crippen LogP contribution in [0, 0.1) is 0 Å². The van der Waals surface area contributed by atoms with Crippen LogP contribution in [0.5, 0.6) is 0 Å². The standard InChI is InChI=1S/C9H5ClF3N3O2S/c10-19(17,18)7-4-15-16(5-7)6-1-2-8(14-3-6)9(11,12)13/h1-5H. The molecule has 0 radical (unpaired) electrons. The third-order valence-corrected chi connectivity index (χ3v) is 3.45. The molecule has 102 valence electrons. The number of rotatable bonds is 2. The molecule has 0 saturated heterocycles. The van der Waals surface area contributed by atoms with Gasteiger partial charge in [-0.3, -0.25) is 0 Å². The fourth-order valence-electron chi connectivity index (χ4n) is 1.26. The summed E-state index contributed by atoms with van der Waals surface area (Å²) in [6, 6.07) is 1.89. The summed E-state index contributed by atoms with van der Waals surface area (Å²) in [5.74, 6) is 0. The van der Waals surface area contributed by atoms with Crippen molar-refractivity contribution in [3.8, 4) is 5.69 Å². The molecule has 0 spiro atoms. The lowest BCUT2D eigenvalue weighted by Crippen LogP contribution is -2.08. The Morgan fingerprint density at radius 2 is 1.89 bits per heavy atom. The van der Waals surface area contributed by atoms with Crippen LogP contribution in [-0.4, -0.2) is 23.2 Å². The van der Waals surface area contributed by atoms with Gasteiger partial charge in [-0.25, -0.2) is 18.1 Å². The van der Waals surface area contributed by atoms with Gasteiger partial charge in [0.25, 0.3) is 9.05 Å². The lowest BCUT2D eigenvalue weighted by Gasteiger charge is -2.06. The van der Waals surface area contributed by atoms with E-state index in [-0.39, 0.29) is 10.6 Å². The number of hydrogen-bond donors (Lipinski definition) is 0. The van der Waals surface area contributed by atoms with Gasteiger partial charge in [-0.2, -0.15) is 18.3 Å². The summed E-state index contributed by atoms with van der Waals surface area (Å²) < 4.78 is 60.0. The fourth-order valence-corrected chi connectivity index (χ4v) is 1.90. The van der Waals surface area contributed by atoms with Crippen molar-refractivity contribution in [2.75, 3.05) is 0 Å². The Kier molecular flexibility index (Phi) is 3.27. The van der Waals surface area contributed by atoms with Gasteiger partial charge in [-0.1, -0.05) is 0 Å². The molecule has 0 atom stereocenters. The van der Waals surface area contributed by atoms with Crippen LogP contribution in [0.15, 0.2) is 35.6 Å². The summed E-state index contributed by atoms with van der Waals surface area (Å²) in [5.41, 5.74) is -0.867. The van der Waals surface area contributed by atoms with Crippen LogP contribution in [0.2, 0.25) is 0 Å². The average Bonchev–Trinajstić information content (AvgIpc) is 2.77. The Hall–Kier alpha value is -1.61. The molecule has 0 fully saturated rings.